The second kappa shape index (κ2) is 1.65. The van der Waals surface area contributed by atoms with E-state index >= 15 is 0 Å². The number of ether oxygens (including phenoxy) is 1. The van der Waals surface area contributed by atoms with E-state index in [4.69, 9.17) is 12.6 Å². The molecule has 1 saturated heterocycles. The number of hydrogen-bond donors (Lipinski definition) is 0. The molecule has 1 aliphatic heterocycles. The van der Waals surface area contributed by atoms with Crippen molar-refractivity contribution in [2.75, 3.05) is 6.61 Å². The average Bonchev–Trinajstić information content (AvgIpc) is 2.21. The highest BCUT2D eigenvalue weighted by molar-refractivity contribution is 6.14. The van der Waals surface area contributed by atoms with Gasteiger partial charge in [-0.25, -0.2) is 0 Å². The molecule has 0 aromatic carbocycles. The average molecular weight is 80.9 g/mol. The molecule has 0 bridgehead atoms. The van der Waals surface area contributed by atoms with Gasteiger partial charge in [0.2, 0.25) is 0 Å². The van der Waals surface area contributed by atoms with Crippen molar-refractivity contribution in [2.24, 2.45) is 0 Å². The summed E-state index contributed by atoms with van der Waals surface area (Å²) in [6.07, 6.45) is 3.02. The van der Waals surface area contributed by atoms with E-state index in [2.05, 4.69) is 0 Å². The van der Waals surface area contributed by atoms with Gasteiger partial charge < -0.3 is 11.1 Å². The molecule has 0 amide bonds. The van der Waals surface area contributed by atoms with Crippen molar-refractivity contribution in [1.29, 1.82) is 0 Å². The van der Waals surface area contributed by atoms with E-state index in [1.807, 2.05) is 0 Å². The minimum Gasteiger partial charge on any atom is -0.376 e. The van der Waals surface area contributed by atoms with Crippen LogP contribution in [-0.4, -0.2) is 20.6 Å². The Labute approximate surface area is 39.1 Å². The smallest absolute Gasteiger partial charge is 0.0706 e. The number of rotatable bonds is 2. The first-order chi connectivity index (χ1) is 2.93. The van der Waals surface area contributed by atoms with Crippen LogP contribution in [0, 0.1) is 6.32 Å². The number of hydrogen-bond acceptors (Lipinski definition) is 1. The van der Waals surface area contributed by atoms with Crippen molar-refractivity contribution in [3.8, 4) is 0 Å². The van der Waals surface area contributed by atoms with Crippen LogP contribution in [-0.2, 0) is 4.74 Å². The van der Waals surface area contributed by atoms with Crippen molar-refractivity contribution < 1.29 is 4.74 Å². The Balaban J connectivity index is 1.88. The molecule has 0 saturated carbocycles. The van der Waals surface area contributed by atoms with Gasteiger partial charge in [-0.2, -0.15) is 14.3 Å². The van der Waals surface area contributed by atoms with Crippen LogP contribution >= 0.6 is 0 Å². The van der Waals surface area contributed by atoms with Gasteiger partial charge in [-0.1, -0.05) is 0 Å². The minimum atomic E-state index is 0.468. The first kappa shape index (κ1) is 4.19. The third-order valence-corrected chi connectivity index (χ3v) is 0.801. The second-order valence-corrected chi connectivity index (χ2v) is 1.43. The van der Waals surface area contributed by atoms with Gasteiger partial charge >= 0.3 is 0 Å². The summed E-state index contributed by atoms with van der Waals surface area (Å²) >= 11 is 0. The molecule has 1 nitrogen and oxygen atoms in total. The van der Waals surface area contributed by atoms with Gasteiger partial charge in [0.1, 0.15) is 0 Å². The molecular formula is C4H6BO-. The molecule has 0 N–H and O–H groups in total. The van der Waals surface area contributed by atoms with Crippen molar-refractivity contribution in [1.82, 2.24) is 0 Å². The van der Waals surface area contributed by atoms with Crippen LogP contribution in [0.5, 0.6) is 0 Å². The predicted octanol–water partition coefficient (Wildman–Crippen LogP) is 0.106. The second-order valence-electron chi connectivity index (χ2n) is 1.43. The highest BCUT2D eigenvalue weighted by Crippen LogP contribution is 2.12. The maximum Gasteiger partial charge on any atom is 0.0706 e. The molecule has 0 spiro atoms. The molecule has 1 atom stereocenters. The van der Waals surface area contributed by atoms with E-state index in [1.165, 1.54) is 0 Å². The Morgan fingerprint density at radius 1 is 2.00 bits per heavy atom. The molecule has 1 aliphatic rings. The van der Waals surface area contributed by atoms with Crippen LogP contribution in [0.2, 0.25) is 0 Å². The van der Waals surface area contributed by atoms with E-state index in [1.54, 1.807) is 6.32 Å². The summed E-state index contributed by atoms with van der Waals surface area (Å²) in [6, 6.07) is 0. The van der Waals surface area contributed by atoms with Crippen molar-refractivity contribution in [3.05, 3.63) is 6.32 Å². The van der Waals surface area contributed by atoms with Gasteiger partial charge in [0.05, 0.1) is 12.7 Å². The fourth-order valence-corrected chi connectivity index (χ4v) is 0.356. The molecule has 0 aromatic heterocycles. The van der Waals surface area contributed by atoms with E-state index in [-0.39, 0.29) is 0 Å². The molecule has 1 unspecified atom stereocenters. The monoisotopic (exact) mass is 81.1 g/mol. The first-order valence-electron chi connectivity index (χ1n) is 2.08. The molecule has 1 fully saturated rings. The Hall–Kier alpha value is 0.0249. The largest absolute Gasteiger partial charge is 0.376 e. The number of epoxide rings is 1. The van der Waals surface area contributed by atoms with Crippen LogP contribution in [0.4, 0.5) is 0 Å². The van der Waals surface area contributed by atoms with Crippen LogP contribution in [0.1, 0.15) is 6.42 Å². The lowest BCUT2D eigenvalue weighted by atomic mass is 10.0. The summed E-state index contributed by atoms with van der Waals surface area (Å²) < 4.78 is 4.84. The van der Waals surface area contributed by atoms with Gasteiger partial charge in [-0.05, 0) is 0 Å². The molecule has 6 heavy (non-hydrogen) atoms. The lowest BCUT2D eigenvalue weighted by Crippen LogP contribution is -1.82. The van der Waals surface area contributed by atoms with Crippen LogP contribution in [0.3, 0.4) is 0 Å². The quantitative estimate of drug-likeness (QED) is 0.261. The standard InChI is InChI=1S/C4H6BO/c5-2-1-4-3-6-4/h2,4H,1,3H2/q-1. The highest BCUT2D eigenvalue weighted by Gasteiger charge is 2.15. The summed E-state index contributed by atoms with van der Waals surface area (Å²) in [4.78, 5) is 0. The van der Waals surface area contributed by atoms with E-state index < -0.39 is 0 Å². The zero-order valence-electron chi connectivity index (χ0n) is 3.55. The molecule has 1 rings (SSSR count). The topological polar surface area (TPSA) is 12.5 Å². The highest BCUT2D eigenvalue weighted by atomic mass is 16.6. The molecule has 1 heterocycles. The predicted molar refractivity (Wildman–Crippen MR) is 24.4 cm³/mol. The third kappa shape index (κ3) is 1.01. The first-order valence-corrected chi connectivity index (χ1v) is 2.08. The van der Waals surface area contributed by atoms with Crippen molar-refractivity contribution in [2.45, 2.75) is 12.5 Å². The molecular weight excluding hydrogens is 74.9 g/mol. The van der Waals surface area contributed by atoms with E-state index in [9.17, 15) is 0 Å². The van der Waals surface area contributed by atoms with Crippen molar-refractivity contribution >= 4 is 7.85 Å². The minimum absolute atomic E-state index is 0.468. The van der Waals surface area contributed by atoms with Gasteiger partial charge in [-0.3, -0.25) is 0 Å². The lowest BCUT2D eigenvalue weighted by molar-refractivity contribution is 0.408. The summed E-state index contributed by atoms with van der Waals surface area (Å²) in [6.45, 7) is 0.910. The summed E-state index contributed by atoms with van der Waals surface area (Å²) in [7, 11) is 5.06. The fourth-order valence-electron chi connectivity index (χ4n) is 0.356. The maximum atomic E-state index is 5.06. The normalized spacial score (nSPS) is 30.3. The fraction of sp³-hybridized carbons (Fsp3) is 0.750. The van der Waals surface area contributed by atoms with Crippen LogP contribution < -0.4 is 0 Å². The Kier molecular flexibility index (Phi) is 1.15. The van der Waals surface area contributed by atoms with Gasteiger partial charge in [0.25, 0.3) is 0 Å². The molecule has 2 heteroatoms. The van der Waals surface area contributed by atoms with E-state index in [0.29, 0.717) is 6.10 Å². The zero-order chi connectivity index (χ0) is 4.41. The Bertz CT molecular complexity index is 42.8. The molecule has 2 radical (unpaired) electrons. The van der Waals surface area contributed by atoms with Gasteiger partial charge in [-0.15, -0.1) is 0 Å². The lowest BCUT2D eigenvalue weighted by Gasteiger charge is -1.94. The molecule has 32 valence electrons. The van der Waals surface area contributed by atoms with E-state index in [0.717, 1.165) is 13.0 Å². The molecule has 0 aliphatic carbocycles. The van der Waals surface area contributed by atoms with Crippen molar-refractivity contribution in [3.63, 3.8) is 0 Å². The summed E-state index contributed by atoms with van der Waals surface area (Å²) in [5.41, 5.74) is 0. The third-order valence-electron chi connectivity index (χ3n) is 0.801. The SMILES string of the molecule is [B][CH-]CC1CO1. The van der Waals surface area contributed by atoms with Crippen LogP contribution in [0.25, 0.3) is 0 Å². The molecule has 0 aromatic rings. The Morgan fingerprint density at radius 3 is 2.83 bits per heavy atom. The summed E-state index contributed by atoms with van der Waals surface area (Å²) in [5.74, 6) is 0. The Morgan fingerprint density at radius 2 is 2.67 bits per heavy atom. The van der Waals surface area contributed by atoms with Gasteiger partial charge in [0.15, 0.2) is 0 Å². The maximum absolute atomic E-state index is 5.06. The summed E-state index contributed by atoms with van der Waals surface area (Å²) in [5, 5.41) is 0. The van der Waals surface area contributed by atoms with Crippen LogP contribution in [0.15, 0.2) is 0 Å². The van der Waals surface area contributed by atoms with Gasteiger partial charge in [0, 0.05) is 0 Å². The zero-order valence-corrected chi connectivity index (χ0v) is 3.55.